The SMILES string of the molecule is CCN(CC)Cc1cc(N(c2cc(C)nc3cc(Cl)ccc23)I(=O)(C=O)c2ccc([N+](=O)[O-])cc2)ccc1O. The van der Waals surface area contributed by atoms with Crippen LogP contribution in [0, 0.1) is 20.6 Å². The first-order valence-electron chi connectivity index (χ1n) is 12.2. The van der Waals surface area contributed by atoms with Crippen molar-refractivity contribution in [1.82, 2.24) is 9.88 Å². The molecule has 0 saturated carbocycles. The van der Waals surface area contributed by atoms with Gasteiger partial charge < -0.3 is 0 Å². The van der Waals surface area contributed by atoms with Crippen LogP contribution in [0.3, 0.4) is 0 Å². The fraction of sp³-hybridized carbons (Fsp3) is 0.214. The van der Waals surface area contributed by atoms with Crippen LogP contribution in [-0.4, -0.2) is 37.3 Å². The number of anilines is 2. The molecule has 39 heavy (non-hydrogen) atoms. The molecule has 1 heterocycles. The van der Waals surface area contributed by atoms with Gasteiger partial charge in [0.05, 0.1) is 0 Å². The van der Waals surface area contributed by atoms with Gasteiger partial charge in [0.2, 0.25) is 0 Å². The van der Waals surface area contributed by atoms with E-state index in [0.29, 0.717) is 49.4 Å². The molecule has 1 aromatic heterocycles. The van der Waals surface area contributed by atoms with Gasteiger partial charge >= 0.3 is 236 Å². The molecule has 0 bridgehead atoms. The zero-order valence-electron chi connectivity index (χ0n) is 21.7. The number of aryl methyl sites for hydroxylation is 1. The Labute approximate surface area is 235 Å². The summed E-state index contributed by atoms with van der Waals surface area (Å²) in [6.07, 6.45) is 0. The molecule has 9 nitrogen and oxygen atoms in total. The standard InChI is InChI=1S/C28H28ClIN4O5/c1-4-32(5-2)17-20-15-24(11-13-28(20)36)33(27-14-19(3)31-26-16-21(29)6-12-25(26)27)30(37,18-35)22-7-9-23(10-8-22)34(38)39/h6-16,18,36H,4-5,17H2,1-3H3. The van der Waals surface area contributed by atoms with Crippen molar-refractivity contribution < 1.29 is 17.9 Å². The Bertz CT molecular complexity index is 1590. The molecule has 1 unspecified atom stereocenters. The molecule has 11 heteroatoms. The number of pyridine rings is 1. The predicted octanol–water partition coefficient (Wildman–Crippen LogP) is 7.15. The molecule has 1 N–H and O–H groups in total. The van der Waals surface area contributed by atoms with E-state index in [2.05, 4.69) is 9.88 Å². The Morgan fingerprint density at radius 3 is 2.36 bits per heavy atom. The Morgan fingerprint density at radius 1 is 1.05 bits per heavy atom. The van der Waals surface area contributed by atoms with E-state index in [1.54, 1.807) is 43.3 Å². The van der Waals surface area contributed by atoms with Crippen molar-refractivity contribution in [2.24, 2.45) is 0 Å². The van der Waals surface area contributed by atoms with E-state index >= 15 is 0 Å². The van der Waals surface area contributed by atoms with Gasteiger partial charge in [-0.3, -0.25) is 0 Å². The van der Waals surface area contributed by atoms with Crippen LogP contribution < -0.4 is 3.11 Å². The van der Waals surface area contributed by atoms with Crippen molar-refractivity contribution in [3.8, 4) is 5.75 Å². The van der Waals surface area contributed by atoms with Crippen LogP contribution in [0.2, 0.25) is 5.02 Å². The van der Waals surface area contributed by atoms with Crippen LogP contribution in [0.5, 0.6) is 5.75 Å². The van der Waals surface area contributed by atoms with Gasteiger partial charge in [-0.2, -0.15) is 0 Å². The Hall–Kier alpha value is -3.48. The Balaban J connectivity index is 2.02. The molecule has 0 amide bonds. The van der Waals surface area contributed by atoms with E-state index in [-0.39, 0.29) is 15.0 Å². The Morgan fingerprint density at radius 2 is 1.74 bits per heavy atom. The van der Waals surface area contributed by atoms with Gasteiger partial charge in [-0.15, -0.1) is 0 Å². The molecule has 3 aromatic carbocycles. The molecule has 0 aliphatic heterocycles. The zero-order valence-corrected chi connectivity index (χ0v) is 24.6. The number of nitrogens with zero attached hydrogens (tertiary/aromatic N) is 4. The van der Waals surface area contributed by atoms with Crippen LogP contribution in [-0.2, 0) is 14.4 Å². The second-order valence-electron chi connectivity index (χ2n) is 8.85. The quantitative estimate of drug-likeness (QED) is 0.0475. The molecule has 4 aromatic rings. The van der Waals surface area contributed by atoms with Crippen molar-refractivity contribution in [2.45, 2.75) is 27.3 Å². The molecule has 0 fully saturated rings. The summed E-state index contributed by atoms with van der Waals surface area (Å²) < 4.78 is 17.0. The summed E-state index contributed by atoms with van der Waals surface area (Å²) in [4.78, 5) is 30.2. The van der Waals surface area contributed by atoms with Crippen molar-refractivity contribution in [3.05, 3.63) is 96.7 Å². The van der Waals surface area contributed by atoms with Crippen molar-refractivity contribution >= 4 is 62.6 Å². The predicted molar refractivity (Wildman–Crippen MR) is 162 cm³/mol. The monoisotopic (exact) mass is 662 g/mol. The molecule has 204 valence electrons. The van der Waals surface area contributed by atoms with Crippen LogP contribution in [0.15, 0.2) is 66.7 Å². The topological polar surface area (TPSA) is 117 Å². The first kappa shape index (κ1) is 28.5. The summed E-state index contributed by atoms with van der Waals surface area (Å²) in [7, 11) is 0. The van der Waals surface area contributed by atoms with Gasteiger partial charge in [0.25, 0.3) is 0 Å². The number of hydrogen-bond acceptors (Lipinski definition) is 7. The van der Waals surface area contributed by atoms with E-state index in [1.165, 1.54) is 33.4 Å². The second kappa shape index (κ2) is 11.7. The van der Waals surface area contributed by atoms with E-state index in [0.717, 1.165) is 13.1 Å². The summed E-state index contributed by atoms with van der Waals surface area (Å²) >= 11 is 1.16. The average molecular weight is 663 g/mol. The fourth-order valence-electron chi connectivity index (χ4n) is 4.33. The van der Waals surface area contributed by atoms with E-state index in [9.17, 15) is 23.1 Å². The number of halogens is 2. The number of aromatic hydroxyl groups is 1. The first-order chi connectivity index (χ1) is 18.6. The molecular weight excluding hydrogens is 635 g/mol. The van der Waals surface area contributed by atoms with Gasteiger partial charge in [0.15, 0.2) is 0 Å². The normalized spacial score (nSPS) is 13.7. The molecule has 0 aliphatic rings. The number of nitro groups is 1. The number of nitro benzene ring substituents is 1. The number of aromatic nitrogens is 1. The zero-order chi connectivity index (χ0) is 28.3. The average Bonchev–Trinajstić information content (AvgIpc) is 2.92. The fourth-order valence-corrected chi connectivity index (χ4v) is 9.27. The number of phenolic OH excluding ortho intramolecular Hbond substituents is 1. The van der Waals surface area contributed by atoms with Crippen molar-refractivity contribution in [1.29, 1.82) is 0 Å². The maximum atomic E-state index is 14.9. The summed E-state index contributed by atoms with van der Waals surface area (Å²) in [5.41, 5.74) is 2.52. The van der Waals surface area contributed by atoms with Gasteiger partial charge in [0, 0.05) is 0 Å². The summed E-state index contributed by atoms with van der Waals surface area (Å²) in [6.45, 7) is 7.80. The third-order valence-corrected chi connectivity index (χ3v) is 12.3. The number of phenols is 1. The van der Waals surface area contributed by atoms with Gasteiger partial charge in [0.1, 0.15) is 0 Å². The minimum absolute atomic E-state index is 0.0812. The first-order valence-corrected chi connectivity index (χ1v) is 16.8. The second-order valence-corrected chi connectivity index (χ2v) is 15.0. The van der Waals surface area contributed by atoms with Crippen molar-refractivity contribution in [3.63, 3.8) is 0 Å². The van der Waals surface area contributed by atoms with E-state index < -0.39 is 23.6 Å². The Kier molecular flexibility index (Phi) is 8.57. The minimum atomic E-state index is -5.08. The third-order valence-electron chi connectivity index (χ3n) is 6.39. The van der Waals surface area contributed by atoms with Crippen LogP contribution in [0.4, 0.5) is 17.1 Å². The summed E-state index contributed by atoms with van der Waals surface area (Å²) in [5, 5.41) is 23.0. The van der Waals surface area contributed by atoms with Crippen LogP contribution in [0.25, 0.3) is 10.9 Å². The molecule has 1 atom stereocenters. The number of carbonyl (C=O) groups excluding carboxylic acids is 1. The molecular formula is C28H28ClIN4O5. The van der Waals surface area contributed by atoms with Gasteiger partial charge in [-0.1, -0.05) is 0 Å². The number of hydrogen-bond donors (Lipinski definition) is 1. The molecule has 0 aliphatic carbocycles. The third kappa shape index (κ3) is 5.77. The van der Waals surface area contributed by atoms with Crippen LogP contribution >= 0.6 is 30.3 Å². The van der Waals surface area contributed by atoms with Gasteiger partial charge in [-0.25, -0.2) is 0 Å². The van der Waals surface area contributed by atoms with E-state index in [1.807, 2.05) is 13.8 Å². The molecule has 4 rings (SSSR count). The number of rotatable bonds is 10. The number of benzene rings is 3. The summed E-state index contributed by atoms with van der Waals surface area (Å²) in [5.74, 6) is 0.0812. The van der Waals surface area contributed by atoms with E-state index in [4.69, 9.17) is 11.6 Å². The molecule has 0 spiro atoms. The van der Waals surface area contributed by atoms with Gasteiger partial charge in [-0.05, 0) is 0 Å². The number of non-ortho nitro benzene ring substituents is 1. The molecule has 0 radical (unpaired) electrons. The number of fused-ring (bicyclic) bond motifs is 1. The maximum absolute atomic E-state index is 14.9. The number of carbonyl (C=O) groups is 1. The molecule has 0 saturated heterocycles. The van der Waals surface area contributed by atoms with Crippen molar-refractivity contribution in [2.75, 3.05) is 16.2 Å². The summed E-state index contributed by atoms with van der Waals surface area (Å²) in [6, 6.07) is 17.0. The van der Waals surface area contributed by atoms with Crippen LogP contribution in [0.1, 0.15) is 25.1 Å².